The third-order valence-electron chi connectivity index (χ3n) is 1.92. The maximum Gasteiger partial charge on any atom is 0.123 e. The van der Waals surface area contributed by atoms with E-state index < -0.39 is 0 Å². The number of nitrogens with two attached hydrogens (primary N) is 1. The van der Waals surface area contributed by atoms with Crippen molar-refractivity contribution in [3.8, 4) is 0 Å². The minimum atomic E-state index is 0.281. The van der Waals surface area contributed by atoms with Crippen LogP contribution in [0.1, 0.15) is 26.0 Å². The van der Waals surface area contributed by atoms with E-state index in [1.54, 1.807) is 6.07 Å². The van der Waals surface area contributed by atoms with Crippen molar-refractivity contribution in [1.29, 1.82) is 0 Å². The lowest BCUT2D eigenvalue weighted by Gasteiger charge is -2.09. The van der Waals surface area contributed by atoms with Crippen LogP contribution in [0, 0.1) is 0 Å². The molecule has 2 N–H and O–H groups in total. The first kappa shape index (κ1) is 9.99. The molecule has 0 fully saturated rings. The zero-order valence-electron chi connectivity index (χ0n) is 8.16. The molecule has 3 heteroatoms. The van der Waals surface area contributed by atoms with Crippen molar-refractivity contribution >= 4 is 5.82 Å². The number of nitrogen functional groups attached to an aromatic ring is 1. The summed E-state index contributed by atoms with van der Waals surface area (Å²) in [5.74, 6) is 0.547. The number of aromatic nitrogens is 1. The Labute approximate surface area is 78.9 Å². The second-order valence-electron chi connectivity index (χ2n) is 3.08. The first-order valence-electron chi connectivity index (χ1n) is 4.55. The Balaban J connectivity index is 2.45. The van der Waals surface area contributed by atoms with E-state index in [1.165, 1.54) is 0 Å². The van der Waals surface area contributed by atoms with Crippen LogP contribution in [-0.2, 0) is 11.3 Å². The van der Waals surface area contributed by atoms with Gasteiger partial charge in [0.05, 0.1) is 18.4 Å². The van der Waals surface area contributed by atoms with Crippen LogP contribution in [-0.4, -0.2) is 11.1 Å². The number of ether oxygens (including phenoxy) is 1. The molecule has 1 rings (SSSR count). The van der Waals surface area contributed by atoms with Crippen LogP contribution in [0.5, 0.6) is 0 Å². The quantitative estimate of drug-likeness (QED) is 0.770. The maximum absolute atomic E-state index is 5.53. The molecule has 1 aromatic rings. The topological polar surface area (TPSA) is 48.1 Å². The number of rotatable bonds is 4. The van der Waals surface area contributed by atoms with Crippen LogP contribution in [0.25, 0.3) is 0 Å². The maximum atomic E-state index is 5.53. The molecule has 0 radical (unpaired) electrons. The summed E-state index contributed by atoms with van der Waals surface area (Å²) in [7, 11) is 0. The number of hydrogen-bond acceptors (Lipinski definition) is 3. The van der Waals surface area contributed by atoms with E-state index in [1.807, 2.05) is 19.1 Å². The largest absolute Gasteiger partial charge is 0.384 e. The van der Waals surface area contributed by atoms with Crippen molar-refractivity contribution in [2.75, 3.05) is 5.73 Å². The normalized spacial score (nSPS) is 12.8. The number of anilines is 1. The van der Waals surface area contributed by atoms with Crippen LogP contribution >= 0.6 is 0 Å². The molecule has 0 bridgehead atoms. The summed E-state index contributed by atoms with van der Waals surface area (Å²) in [6, 6.07) is 5.57. The zero-order chi connectivity index (χ0) is 9.68. The minimum absolute atomic E-state index is 0.281. The Kier molecular flexibility index (Phi) is 3.71. The summed E-state index contributed by atoms with van der Waals surface area (Å²) in [5, 5.41) is 0. The monoisotopic (exact) mass is 180 g/mol. The van der Waals surface area contributed by atoms with Gasteiger partial charge >= 0.3 is 0 Å². The second-order valence-corrected chi connectivity index (χ2v) is 3.08. The molecule has 0 saturated heterocycles. The molecule has 0 aromatic carbocycles. The standard InChI is InChI=1S/C10H16N2O/c1-3-8(2)13-7-9-5-4-6-10(11)12-9/h4-6,8H,3,7H2,1-2H3,(H2,11,12). The Hall–Kier alpha value is -1.09. The summed E-state index contributed by atoms with van der Waals surface area (Å²) in [6.45, 7) is 4.68. The molecule has 13 heavy (non-hydrogen) atoms. The van der Waals surface area contributed by atoms with Gasteiger partial charge in [0.1, 0.15) is 5.82 Å². The molecule has 72 valence electrons. The Morgan fingerprint density at radius 3 is 2.92 bits per heavy atom. The van der Waals surface area contributed by atoms with Crippen molar-refractivity contribution in [1.82, 2.24) is 4.98 Å². The molecule has 1 unspecified atom stereocenters. The molecular formula is C10H16N2O. The van der Waals surface area contributed by atoms with Gasteiger partial charge in [-0.2, -0.15) is 0 Å². The summed E-state index contributed by atoms with van der Waals surface area (Å²) in [6.07, 6.45) is 1.30. The zero-order valence-corrected chi connectivity index (χ0v) is 8.16. The van der Waals surface area contributed by atoms with E-state index in [9.17, 15) is 0 Å². The molecule has 1 heterocycles. The lowest BCUT2D eigenvalue weighted by molar-refractivity contribution is 0.0489. The highest BCUT2D eigenvalue weighted by atomic mass is 16.5. The van der Waals surface area contributed by atoms with E-state index in [0.717, 1.165) is 12.1 Å². The molecule has 1 atom stereocenters. The van der Waals surface area contributed by atoms with Gasteiger partial charge in [0, 0.05) is 0 Å². The average molecular weight is 180 g/mol. The van der Waals surface area contributed by atoms with Gasteiger partial charge < -0.3 is 10.5 Å². The third-order valence-corrected chi connectivity index (χ3v) is 1.92. The molecule has 0 saturated carbocycles. The van der Waals surface area contributed by atoms with Crippen LogP contribution in [0.15, 0.2) is 18.2 Å². The lowest BCUT2D eigenvalue weighted by atomic mass is 10.3. The fourth-order valence-electron chi connectivity index (χ4n) is 0.924. The van der Waals surface area contributed by atoms with E-state index in [-0.39, 0.29) is 6.10 Å². The molecule has 0 aliphatic heterocycles. The highest BCUT2D eigenvalue weighted by Gasteiger charge is 2.00. The van der Waals surface area contributed by atoms with Crippen LogP contribution in [0.3, 0.4) is 0 Å². The van der Waals surface area contributed by atoms with E-state index >= 15 is 0 Å². The van der Waals surface area contributed by atoms with Gasteiger partial charge in [-0.15, -0.1) is 0 Å². The minimum Gasteiger partial charge on any atom is -0.384 e. The van der Waals surface area contributed by atoms with Gasteiger partial charge in [-0.05, 0) is 25.5 Å². The van der Waals surface area contributed by atoms with E-state index in [0.29, 0.717) is 12.4 Å². The third kappa shape index (κ3) is 3.42. The highest BCUT2D eigenvalue weighted by molar-refractivity contribution is 5.28. The lowest BCUT2D eigenvalue weighted by Crippen LogP contribution is -2.07. The predicted octanol–water partition coefficient (Wildman–Crippen LogP) is 1.98. The first-order chi connectivity index (χ1) is 6.22. The summed E-state index contributed by atoms with van der Waals surface area (Å²) in [4.78, 5) is 4.13. The van der Waals surface area contributed by atoms with Crippen LogP contribution < -0.4 is 5.73 Å². The Bertz CT molecular complexity index is 263. The molecule has 0 spiro atoms. The summed E-state index contributed by atoms with van der Waals surface area (Å²) < 4.78 is 5.51. The number of pyridine rings is 1. The van der Waals surface area contributed by atoms with Gasteiger partial charge in [-0.25, -0.2) is 4.98 Å². The van der Waals surface area contributed by atoms with Crippen LogP contribution in [0.2, 0.25) is 0 Å². The number of nitrogens with zero attached hydrogens (tertiary/aromatic N) is 1. The van der Waals surface area contributed by atoms with Crippen molar-refractivity contribution in [2.24, 2.45) is 0 Å². The second kappa shape index (κ2) is 4.82. The van der Waals surface area contributed by atoms with Gasteiger partial charge in [0.2, 0.25) is 0 Å². The van der Waals surface area contributed by atoms with Crippen molar-refractivity contribution in [3.63, 3.8) is 0 Å². The molecule has 0 aliphatic carbocycles. The van der Waals surface area contributed by atoms with Crippen molar-refractivity contribution in [2.45, 2.75) is 33.0 Å². The molecule has 3 nitrogen and oxygen atoms in total. The Morgan fingerprint density at radius 2 is 2.31 bits per heavy atom. The fourth-order valence-corrected chi connectivity index (χ4v) is 0.924. The van der Waals surface area contributed by atoms with Crippen LogP contribution in [0.4, 0.5) is 5.82 Å². The van der Waals surface area contributed by atoms with E-state index in [2.05, 4.69) is 11.9 Å². The van der Waals surface area contributed by atoms with E-state index in [4.69, 9.17) is 10.5 Å². The predicted molar refractivity (Wildman–Crippen MR) is 53.2 cm³/mol. The van der Waals surface area contributed by atoms with Gasteiger partial charge in [0.15, 0.2) is 0 Å². The summed E-state index contributed by atoms with van der Waals surface area (Å²) in [5.41, 5.74) is 6.42. The van der Waals surface area contributed by atoms with Gasteiger partial charge in [0.25, 0.3) is 0 Å². The molecule has 1 aromatic heterocycles. The first-order valence-corrected chi connectivity index (χ1v) is 4.55. The molecular weight excluding hydrogens is 164 g/mol. The SMILES string of the molecule is CCC(C)OCc1cccc(N)n1. The smallest absolute Gasteiger partial charge is 0.123 e. The fraction of sp³-hybridized carbons (Fsp3) is 0.500. The molecule has 0 amide bonds. The van der Waals surface area contributed by atoms with Crippen molar-refractivity contribution in [3.05, 3.63) is 23.9 Å². The summed E-state index contributed by atoms with van der Waals surface area (Å²) >= 11 is 0. The van der Waals surface area contributed by atoms with Gasteiger partial charge in [-0.1, -0.05) is 13.0 Å². The highest BCUT2D eigenvalue weighted by Crippen LogP contribution is 2.05. The van der Waals surface area contributed by atoms with Gasteiger partial charge in [-0.3, -0.25) is 0 Å². The number of hydrogen-bond donors (Lipinski definition) is 1. The molecule has 0 aliphatic rings. The van der Waals surface area contributed by atoms with Crippen molar-refractivity contribution < 1.29 is 4.74 Å². The average Bonchev–Trinajstić information content (AvgIpc) is 2.14. The Morgan fingerprint density at radius 1 is 1.54 bits per heavy atom.